The van der Waals surface area contributed by atoms with Crippen LogP contribution in [0.1, 0.15) is 42.6 Å². The highest BCUT2D eigenvalue weighted by molar-refractivity contribution is 6.02. The Bertz CT molecular complexity index is 972. The van der Waals surface area contributed by atoms with Gasteiger partial charge in [-0.3, -0.25) is 9.59 Å². The Labute approximate surface area is 143 Å². The van der Waals surface area contributed by atoms with Crippen molar-refractivity contribution in [2.75, 3.05) is 6.61 Å². The number of ketones is 1. The van der Waals surface area contributed by atoms with Crippen molar-refractivity contribution in [3.05, 3.63) is 51.6 Å². The molecule has 1 aliphatic carbocycles. The Balaban J connectivity index is 2.26. The molecule has 0 N–H and O–H groups in total. The molecule has 25 heavy (non-hydrogen) atoms. The molecule has 0 amide bonds. The second-order valence-electron chi connectivity index (χ2n) is 5.86. The summed E-state index contributed by atoms with van der Waals surface area (Å²) in [5, 5.41) is 0.124. The average molecular weight is 343 g/mol. The number of aryl methyl sites for hydroxylation is 1. The largest absolute Gasteiger partial charge is 0.462 e. The standard InChI is InChI=1S/C19H18FNO4/c1-3-21-10-15(19(24)25-4-2)18(23)14-8-16(20)13(9-17(14)21)11-5-6-12(22)7-11/h7-10H,3-6H2,1-2H3. The fraction of sp³-hybridized carbons (Fsp3) is 0.316. The molecule has 3 rings (SSSR count). The van der Waals surface area contributed by atoms with Crippen molar-refractivity contribution >= 4 is 28.2 Å². The van der Waals surface area contributed by atoms with Crippen molar-refractivity contribution < 1.29 is 18.7 Å². The van der Waals surface area contributed by atoms with Crippen LogP contribution in [0.15, 0.2) is 29.2 Å². The molecule has 0 saturated carbocycles. The number of pyridine rings is 1. The summed E-state index contributed by atoms with van der Waals surface area (Å²) in [6, 6.07) is 2.72. The van der Waals surface area contributed by atoms with Gasteiger partial charge in [0.05, 0.1) is 12.1 Å². The van der Waals surface area contributed by atoms with Crippen LogP contribution < -0.4 is 5.43 Å². The number of hydrogen-bond donors (Lipinski definition) is 0. The highest BCUT2D eigenvalue weighted by Crippen LogP contribution is 2.30. The lowest BCUT2D eigenvalue weighted by molar-refractivity contribution is -0.114. The molecular weight excluding hydrogens is 325 g/mol. The van der Waals surface area contributed by atoms with E-state index in [4.69, 9.17) is 4.74 Å². The number of hydrogen-bond acceptors (Lipinski definition) is 4. The molecule has 2 aromatic rings. The number of rotatable bonds is 4. The molecule has 1 aliphatic rings. The zero-order valence-corrected chi connectivity index (χ0v) is 14.1. The van der Waals surface area contributed by atoms with E-state index in [0.29, 0.717) is 36.0 Å². The molecule has 0 aliphatic heterocycles. The van der Waals surface area contributed by atoms with Gasteiger partial charge in [0, 0.05) is 30.1 Å². The van der Waals surface area contributed by atoms with Crippen LogP contribution in [0.25, 0.3) is 16.5 Å². The number of ether oxygens (including phenoxy) is 1. The van der Waals surface area contributed by atoms with Gasteiger partial charge in [-0.2, -0.15) is 0 Å². The quantitative estimate of drug-likeness (QED) is 0.800. The Morgan fingerprint density at radius 1 is 1.24 bits per heavy atom. The summed E-state index contributed by atoms with van der Waals surface area (Å²) in [6.45, 7) is 4.16. The van der Waals surface area contributed by atoms with E-state index in [0.717, 1.165) is 6.07 Å². The first kappa shape index (κ1) is 17.1. The average Bonchev–Trinajstić information content (AvgIpc) is 3.01. The predicted molar refractivity (Wildman–Crippen MR) is 92.0 cm³/mol. The van der Waals surface area contributed by atoms with Gasteiger partial charge >= 0.3 is 5.97 Å². The zero-order valence-electron chi connectivity index (χ0n) is 14.1. The maximum Gasteiger partial charge on any atom is 0.343 e. The van der Waals surface area contributed by atoms with Crippen LogP contribution in [-0.4, -0.2) is 22.9 Å². The third-order valence-corrected chi connectivity index (χ3v) is 4.33. The van der Waals surface area contributed by atoms with E-state index in [1.807, 2.05) is 6.92 Å². The number of nitrogens with zero attached hydrogens (tertiary/aromatic N) is 1. The number of aromatic nitrogens is 1. The molecule has 0 spiro atoms. The van der Waals surface area contributed by atoms with Crippen LogP contribution in [0.4, 0.5) is 4.39 Å². The highest BCUT2D eigenvalue weighted by Gasteiger charge is 2.21. The zero-order chi connectivity index (χ0) is 18.1. The number of esters is 1. The van der Waals surface area contributed by atoms with E-state index in [2.05, 4.69) is 0 Å². The van der Waals surface area contributed by atoms with Crippen LogP contribution >= 0.6 is 0 Å². The highest BCUT2D eigenvalue weighted by atomic mass is 19.1. The van der Waals surface area contributed by atoms with Gasteiger partial charge in [-0.1, -0.05) is 0 Å². The molecule has 0 fully saturated rings. The van der Waals surface area contributed by atoms with Gasteiger partial charge < -0.3 is 9.30 Å². The summed E-state index contributed by atoms with van der Waals surface area (Å²) in [4.78, 5) is 36.1. The van der Waals surface area contributed by atoms with E-state index in [1.54, 1.807) is 17.6 Å². The third-order valence-electron chi connectivity index (χ3n) is 4.33. The molecule has 0 unspecified atom stereocenters. The minimum Gasteiger partial charge on any atom is -0.462 e. The first-order valence-corrected chi connectivity index (χ1v) is 8.23. The van der Waals surface area contributed by atoms with Crippen molar-refractivity contribution in [3.63, 3.8) is 0 Å². The van der Waals surface area contributed by atoms with E-state index in [1.165, 1.54) is 12.3 Å². The maximum absolute atomic E-state index is 14.6. The van der Waals surface area contributed by atoms with Crippen LogP contribution in [0, 0.1) is 5.82 Å². The normalized spacial score (nSPS) is 14.0. The molecule has 0 radical (unpaired) electrons. The van der Waals surface area contributed by atoms with Crippen molar-refractivity contribution in [1.29, 1.82) is 0 Å². The summed E-state index contributed by atoms with van der Waals surface area (Å²) < 4.78 is 21.2. The van der Waals surface area contributed by atoms with E-state index >= 15 is 0 Å². The monoisotopic (exact) mass is 343 g/mol. The SMILES string of the molecule is CCOC(=O)c1cn(CC)c2cc(C3=CC(=O)CC3)c(F)cc2c1=O. The Hall–Kier alpha value is -2.76. The van der Waals surface area contributed by atoms with Crippen LogP contribution in [-0.2, 0) is 16.1 Å². The van der Waals surface area contributed by atoms with Crippen molar-refractivity contribution in [2.45, 2.75) is 33.2 Å². The molecule has 1 heterocycles. The number of benzene rings is 1. The molecule has 0 saturated heterocycles. The molecule has 5 nitrogen and oxygen atoms in total. The fourth-order valence-corrected chi connectivity index (χ4v) is 3.08. The van der Waals surface area contributed by atoms with E-state index in [-0.39, 0.29) is 23.3 Å². The van der Waals surface area contributed by atoms with Gasteiger partial charge in [0.15, 0.2) is 5.78 Å². The topological polar surface area (TPSA) is 65.4 Å². The Morgan fingerprint density at radius 3 is 2.60 bits per heavy atom. The summed E-state index contributed by atoms with van der Waals surface area (Å²) >= 11 is 0. The summed E-state index contributed by atoms with van der Waals surface area (Å²) in [5.41, 5.74) is 0.814. The molecule has 1 aromatic heterocycles. The Kier molecular flexibility index (Phi) is 4.53. The molecule has 130 valence electrons. The molecular formula is C19H18FNO4. The lowest BCUT2D eigenvalue weighted by Crippen LogP contribution is -2.21. The third kappa shape index (κ3) is 2.99. The summed E-state index contributed by atoms with van der Waals surface area (Å²) in [7, 11) is 0. The van der Waals surface area contributed by atoms with Crippen LogP contribution in [0.5, 0.6) is 0 Å². The minimum absolute atomic E-state index is 0.0277. The number of carbonyl (C=O) groups excluding carboxylic acids is 2. The van der Waals surface area contributed by atoms with Gasteiger partial charge in [-0.15, -0.1) is 0 Å². The summed E-state index contributed by atoms with van der Waals surface area (Å²) in [6.07, 6.45) is 3.75. The first-order valence-electron chi connectivity index (χ1n) is 8.23. The van der Waals surface area contributed by atoms with E-state index < -0.39 is 17.2 Å². The van der Waals surface area contributed by atoms with E-state index in [9.17, 15) is 18.8 Å². The van der Waals surface area contributed by atoms with Gasteiger partial charge in [0.25, 0.3) is 0 Å². The number of halogens is 1. The predicted octanol–water partition coefficient (Wildman–Crippen LogP) is 3.08. The van der Waals surface area contributed by atoms with Gasteiger partial charge in [-0.05, 0) is 44.1 Å². The van der Waals surface area contributed by atoms with Crippen LogP contribution in [0.2, 0.25) is 0 Å². The van der Waals surface area contributed by atoms with Crippen LogP contribution in [0.3, 0.4) is 0 Å². The second-order valence-corrected chi connectivity index (χ2v) is 5.86. The smallest absolute Gasteiger partial charge is 0.343 e. The second kappa shape index (κ2) is 6.63. The molecule has 0 bridgehead atoms. The fourth-order valence-electron chi connectivity index (χ4n) is 3.08. The molecule has 0 atom stereocenters. The van der Waals surface area contributed by atoms with Crippen molar-refractivity contribution in [3.8, 4) is 0 Å². The van der Waals surface area contributed by atoms with Crippen molar-refractivity contribution in [1.82, 2.24) is 4.57 Å². The maximum atomic E-state index is 14.6. The van der Waals surface area contributed by atoms with Gasteiger partial charge in [0.1, 0.15) is 11.4 Å². The molecule has 1 aromatic carbocycles. The van der Waals surface area contributed by atoms with Crippen molar-refractivity contribution in [2.24, 2.45) is 0 Å². The summed E-state index contributed by atoms with van der Waals surface area (Å²) in [5.74, 6) is -1.32. The first-order chi connectivity index (χ1) is 12.0. The molecule has 6 heteroatoms. The lowest BCUT2D eigenvalue weighted by atomic mass is 10.0. The minimum atomic E-state index is -0.717. The van der Waals surface area contributed by atoms with Gasteiger partial charge in [0.2, 0.25) is 5.43 Å². The number of carbonyl (C=O) groups is 2. The lowest BCUT2D eigenvalue weighted by Gasteiger charge is -2.13. The van der Waals surface area contributed by atoms with Gasteiger partial charge in [-0.25, -0.2) is 9.18 Å². The Morgan fingerprint density at radius 2 is 2.00 bits per heavy atom. The number of fused-ring (bicyclic) bond motifs is 1. The number of allylic oxidation sites excluding steroid dienone is 2.